The van der Waals surface area contributed by atoms with E-state index in [4.69, 9.17) is 11.6 Å². The Morgan fingerprint density at radius 1 is 1.40 bits per heavy atom. The first-order valence-electron chi connectivity index (χ1n) is 7.38. The van der Waals surface area contributed by atoms with Gasteiger partial charge in [-0.25, -0.2) is 0 Å². The summed E-state index contributed by atoms with van der Waals surface area (Å²) in [5.74, 6) is 0. The molecule has 0 heterocycles. The van der Waals surface area contributed by atoms with Gasteiger partial charge in [-0.15, -0.1) is 0 Å². The predicted octanol–water partition coefficient (Wildman–Crippen LogP) is 3.19. The highest BCUT2D eigenvalue weighted by Gasteiger charge is 2.21. The van der Waals surface area contributed by atoms with E-state index in [1.165, 1.54) is 18.4 Å². The first kappa shape index (κ1) is 15.6. The molecule has 0 aromatic heterocycles. The van der Waals surface area contributed by atoms with Crippen LogP contribution in [0.4, 0.5) is 5.69 Å². The molecule has 0 bridgehead atoms. The van der Waals surface area contributed by atoms with Crippen LogP contribution in [0.1, 0.15) is 39.2 Å². The van der Waals surface area contributed by atoms with Crippen molar-refractivity contribution in [3.63, 3.8) is 0 Å². The number of rotatable bonds is 7. The van der Waals surface area contributed by atoms with Crippen molar-refractivity contribution in [3.05, 3.63) is 28.8 Å². The standard InChI is InChI=1S/C16H25ClN2O/c1-4-19(11-16(2,3)20)15-8-5-12(9-14(15)17)10-18-13-6-7-13/h5,8-9,13,18,20H,4,6-7,10-11H2,1-3H3. The molecule has 1 aliphatic rings. The Bertz CT molecular complexity index is 452. The van der Waals surface area contributed by atoms with Gasteiger partial charge in [-0.1, -0.05) is 17.7 Å². The van der Waals surface area contributed by atoms with E-state index < -0.39 is 5.60 Å². The van der Waals surface area contributed by atoms with E-state index in [0.717, 1.165) is 23.8 Å². The Labute approximate surface area is 126 Å². The lowest BCUT2D eigenvalue weighted by molar-refractivity contribution is 0.0876. The van der Waals surface area contributed by atoms with Gasteiger partial charge >= 0.3 is 0 Å². The van der Waals surface area contributed by atoms with E-state index in [1.807, 2.05) is 19.9 Å². The highest BCUT2D eigenvalue weighted by Crippen LogP contribution is 2.28. The number of likely N-dealkylation sites (N-methyl/N-ethyl adjacent to an activating group) is 1. The second-order valence-corrected chi connectivity index (χ2v) is 6.67. The zero-order valence-corrected chi connectivity index (χ0v) is 13.4. The fourth-order valence-electron chi connectivity index (χ4n) is 2.30. The molecule has 0 aliphatic heterocycles. The third kappa shape index (κ3) is 4.65. The quantitative estimate of drug-likeness (QED) is 0.811. The van der Waals surface area contributed by atoms with Gasteiger partial charge in [0.1, 0.15) is 0 Å². The lowest BCUT2D eigenvalue weighted by Gasteiger charge is -2.30. The third-order valence-electron chi connectivity index (χ3n) is 3.48. The van der Waals surface area contributed by atoms with Crippen LogP contribution in [0.25, 0.3) is 0 Å². The maximum atomic E-state index is 9.98. The lowest BCUT2D eigenvalue weighted by atomic mass is 10.1. The molecule has 2 N–H and O–H groups in total. The molecule has 1 aliphatic carbocycles. The Morgan fingerprint density at radius 3 is 2.60 bits per heavy atom. The summed E-state index contributed by atoms with van der Waals surface area (Å²) in [4.78, 5) is 2.11. The van der Waals surface area contributed by atoms with Crippen LogP contribution in [0, 0.1) is 0 Å². The van der Waals surface area contributed by atoms with Gasteiger partial charge in [-0.3, -0.25) is 0 Å². The highest BCUT2D eigenvalue weighted by atomic mass is 35.5. The molecular weight excluding hydrogens is 272 g/mol. The normalized spacial score (nSPS) is 15.4. The minimum Gasteiger partial charge on any atom is -0.389 e. The molecule has 1 aromatic carbocycles. The number of anilines is 1. The molecule has 112 valence electrons. The Hall–Kier alpha value is -0.770. The second kappa shape index (κ2) is 6.33. The summed E-state index contributed by atoms with van der Waals surface area (Å²) in [6.45, 7) is 7.98. The molecule has 0 radical (unpaired) electrons. The smallest absolute Gasteiger partial charge is 0.0765 e. The number of nitrogens with one attached hydrogen (secondary N) is 1. The van der Waals surface area contributed by atoms with E-state index in [9.17, 15) is 5.11 Å². The first-order chi connectivity index (χ1) is 9.39. The van der Waals surface area contributed by atoms with Crippen molar-refractivity contribution in [2.75, 3.05) is 18.0 Å². The first-order valence-corrected chi connectivity index (χ1v) is 7.76. The third-order valence-corrected chi connectivity index (χ3v) is 3.79. The van der Waals surface area contributed by atoms with Crippen LogP contribution in [-0.2, 0) is 6.54 Å². The van der Waals surface area contributed by atoms with Crippen LogP contribution in [-0.4, -0.2) is 29.8 Å². The monoisotopic (exact) mass is 296 g/mol. The van der Waals surface area contributed by atoms with Crippen molar-refractivity contribution >= 4 is 17.3 Å². The van der Waals surface area contributed by atoms with Gasteiger partial charge in [-0.2, -0.15) is 0 Å². The van der Waals surface area contributed by atoms with E-state index in [0.29, 0.717) is 12.6 Å². The fraction of sp³-hybridized carbons (Fsp3) is 0.625. The molecule has 3 nitrogen and oxygen atoms in total. The molecule has 1 fully saturated rings. The molecule has 1 aromatic rings. The van der Waals surface area contributed by atoms with Crippen LogP contribution in [0.5, 0.6) is 0 Å². The second-order valence-electron chi connectivity index (χ2n) is 6.27. The minimum atomic E-state index is -0.731. The number of halogens is 1. The molecule has 0 atom stereocenters. The summed E-state index contributed by atoms with van der Waals surface area (Å²) in [7, 11) is 0. The van der Waals surface area contributed by atoms with Crippen molar-refractivity contribution in [1.29, 1.82) is 0 Å². The summed E-state index contributed by atoms with van der Waals surface area (Å²) in [6.07, 6.45) is 2.59. The summed E-state index contributed by atoms with van der Waals surface area (Å²) in [5, 5.41) is 14.2. The van der Waals surface area contributed by atoms with Gasteiger partial charge in [0.15, 0.2) is 0 Å². The van der Waals surface area contributed by atoms with Crippen molar-refractivity contribution in [2.45, 2.75) is 51.8 Å². The molecule has 0 amide bonds. The summed E-state index contributed by atoms with van der Waals surface area (Å²) < 4.78 is 0. The van der Waals surface area contributed by atoms with Crippen molar-refractivity contribution < 1.29 is 5.11 Å². The number of hydrogen-bond acceptors (Lipinski definition) is 3. The van der Waals surface area contributed by atoms with Gasteiger partial charge in [0.05, 0.1) is 16.3 Å². The van der Waals surface area contributed by atoms with Crippen LogP contribution >= 0.6 is 11.6 Å². The van der Waals surface area contributed by atoms with Crippen LogP contribution < -0.4 is 10.2 Å². The highest BCUT2D eigenvalue weighted by molar-refractivity contribution is 6.33. The molecular formula is C16H25ClN2O. The summed E-state index contributed by atoms with van der Waals surface area (Å²) in [5.41, 5.74) is 1.47. The van der Waals surface area contributed by atoms with Gasteiger partial charge < -0.3 is 15.3 Å². The minimum absolute atomic E-state index is 0.572. The zero-order valence-electron chi connectivity index (χ0n) is 12.6. The average Bonchev–Trinajstić information content (AvgIpc) is 3.17. The van der Waals surface area contributed by atoms with Crippen LogP contribution in [0.2, 0.25) is 5.02 Å². The molecule has 1 saturated carbocycles. The zero-order chi connectivity index (χ0) is 14.8. The maximum Gasteiger partial charge on any atom is 0.0765 e. The Kier molecular flexibility index (Phi) is 4.95. The van der Waals surface area contributed by atoms with Crippen LogP contribution in [0.15, 0.2) is 18.2 Å². The van der Waals surface area contributed by atoms with Gasteiger partial charge in [0.25, 0.3) is 0 Å². The van der Waals surface area contributed by atoms with Gasteiger partial charge in [0, 0.05) is 25.7 Å². The maximum absolute atomic E-state index is 9.98. The summed E-state index contributed by atoms with van der Waals surface area (Å²) in [6, 6.07) is 6.90. The average molecular weight is 297 g/mol. The molecule has 2 rings (SSSR count). The van der Waals surface area contributed by atoms with E-state index in [2.05, 4.69) is 29.3 Å². The molecule has 0 saturated heterocycles. The van der Waals surface area contributed by atoms with Crippen molar-refractivity contribution in [3.8, 4) is 0 Å². The lowest BCUT2D eigenvalue weighted by Crippen LogP contribution is -2.38. The Morgan fingerprint density at radius 2 is 2.10 bits per heavy atom. The largest absolute Gasteiger partial charge is 0.389 e. The number of hydrogen-bond donors (Lipinski definition) is 2. The molecule has 20 heavy (non-hydrogen) atoms. The topological polar surface area (TPSA) is 35.5 Å². The van der Waals surface area contributed by atoms with E-state index in [-0.39, 0.29) is 0 Å². The fourth-order valence-corrected chi connectivity index (χ4v) is 2.62. The molecule has 0 unspecified atom stereocenters. The van der Waals surface area contributed by atoms with Gasteiger partial charge in [0.2, 0.25) is 0 Å². The van der Waals surface area contributed by atoms with E-state index in [1.54, 1.807) is 0 Å². The van der Waals surface area contributed by atoms with Crippen molar-refractivity contribution in [2.24, 2.45) is 0 Å². The number of nitrogens with zero attached hydrogens (tertiary/aromatic N) is 1. The Balaban J connectivity index is 2.06. The van der Waals surface area contributed by atoms with Crippen LogP contribution in [0.3, 0.4) is 0 Å². The van der Waals surface area contributed by atoms with Crippen molar-refractivity contribution in [1.82, 2.24) is 5.32 Å². The van der Waals surface area contributed by atoms with E-state index >= 15 is 0 Å². The number of benzene rings is 1. The summed E-state index contributed by atoms with van der Waals surface area (Å²) >= 11 is 6.41. The predicted molar refractivity (Wildman–Crippen MR) is 85.5 cm³/mol. The molecule has 4 heteroatoms. The van der Waals surface area contributed by atoms with Gasteiger partial charge in [-0.05, 0) is 51.3 Å². The SMILES string of the molecule is CCN(CC(C)(C)O)c1ccc(CNC2CC2)cc1Cl. The number of aliphatic hydroxyl groups is 1. The molecule has 0 spiro atoms.